The molecule has 0 amide bonds. The third-order valence-electron chi connectivity index (χ3n) is 4.14. The molecule has 0 saturated heterocycles. The van der Waals surface area contributed by atoms with Crippen molar-refractivity contribution in [3.8, 4) is 0 Å². The number of nitrogens with one attached hydrogen (secondary N) is 1. The van der Waals surface area contributed by atoms with Crippen LogP contribution in [0, 0.1) is 6.92 Å². The minimum Gasteiger partial charge on any atom is -0.338 e. The molecule has 1 aromatic carbocycles. The molecule has 2 heterocycles. The monoisotopic (exact) mass is 366 g/mol. The molecular weight excluding hydrogens is 344 g/mol. The molecule has 0 fully saturated rings. The summed E-state index contributed by atoms with van der Waals surface area (Å²) in [6.07, 6.45) is 6.18. The summed E-state index contributed by atoms with van der Waals surface area (Å²) in [7, 11) is 0. The van der Waals surface area contributed by atoms with Crippen molar-refractivity contribution in [1.29, 1.82) is 0 Å². The van der Waals surface area contributed by atoms with E-state index in [-0.39, 0.29) is 0 Å². The van der Waals surface area contributed by atoms with E-state index in [1.807, 2.05) is 6.26 Å². The Morgan fingerprint density at radius 1 is 1.23 bits per heavy atom. The van der Waals surface area contributed by atoms with Crippen LogP contribution in [0.3, 0.4) is 0 Å². The van der Waals surface area contributed by atoms with Crippen LogP contribution < -0.4 is 5.32 Å². The fraction of sp³-hybridized carbons (Fsp3) is 0.316. The third kappa shape index (κ3) is 4.16. The molecule has 134 valence electrons. The van der Waals surface area contributed by atoms with Crippen LogP contribution in [0.25, 0.3) is 11.0 Å². The smallest absolute Gasteiger partial charge is 0.188 e. The van der Waals surface area contributed by atoms with E-state index in [0.29, 0.717) is 17.5 Å². The van der Waals surface area contributed by atoms with Crippen LogP contribution in [0.5, 0.6) is 0 Å². The van der Waals surface area contributed by atoms with Crippen molar-refractivity contribution >= 4 is 40.0 Å². The summed E-state index contributed by atoms with van der Waals surface area (Å²) >= 11 is 1.50. The summed E-state index contributed by atoms with van der Waals surface area (Å²) in [5.41, 5.74) is 5.88. The number of aliphatic imine (C=N–C) groups is 1. The zero-order valence-corrected chi connectivity index (χ0v) is 16.3. The van der Waals surface area contributed by atoms with Crippen LogP contribution in [-0.2, 0) is 6.54 Å². The number of aromatic nitrogens is 4. The molecule has 1 N–H and O–H groups in total. The molecule has 7 heteroatoms. The van der Waals surface area contributed by atoms with Gasteiger partial charge in [0.1, 0.15) is 17.4 Å². The summed E-state index contributed by atoms with van der Waals surface area (Å²) in [4.78, 5) is 22.1. The summed E-state index contributed by atoms with van der Waals surface area (Å²) < 4.78 is 0. The van der Waals surface area contributed by atoms with Crippen molar-refractivity contribution in [2.75, 3.05) is 11.6 Å². The molecular formula is C19H22N6S. The van der Waals surface area contributed by atoms with Gasteiger partial charge >= 0.3 is 0 Å². The molecule has 6 nitrogen and oxygen atoms in total. The van der Waals surface area contributed by atoms with Gasteiger partial charge < -0.3 is 5.32 Å². The van der Waals surface area contributed by atoms with E-state index in [9.17, 15) is 0 Å². The fourth-order valence-electron chi connectivity index (χ4n) is 2.40. The molecule has 0 spiro atoms. The average Bonchev–Trinajstić information content (AvgIpc) is 2.68. The minimum atomic E-state index is 0.679. The first-order chi connectivity index (χ1) is 12.6. The van der Waals surface area contributed by atoms with Gasteiger partial charge in [-0.25, -0.2) is 19.9 Å². The Bertz CT molecular complexity index is 954. The van der Waals surface area contributed by atoms with Gasteiger partial charge in [-0.15, -0.1) is 0 Å². The molecule has 0 saturated carbocycles. The summed E-state index contributed by atoms with van der Waals surface area (Å²) in [6.45, 7) is 6.92. The van der Waals surface area contributed by atoms with E-state index >= 15 is 0 Å². The van der Waals surface area contributed by atoms with Gasteiger partial charge in [-0.05, 0) is 43.7 Å². The highest BCUT2D eigenvalue weighted by atomic mass is 32.2. The van der Waals surface area contributed by atoms with Crippen LogP contribution >= 0.6 is 11.8 Å². The van der Waals surface area contributed by atoms with Crippen molar-refractivity contribution in [1.82, 2.24) is 19.9 Å². The normalized spacial score (nSPS) is 11.8. The quantitative estimate of drug-likeness (QED) is 0.391. The minimum absolute atomic E-state index is 0.679. The lowest BCUT2D eigenvalue weighted by atomic mass is 10.1. The lowest BCUT2D eigenvalue weighted by molar-refractivity contribution is 0.992. The van der Waals surface area contributed by atoms with E-state index in [1.54, 1.807) is 6.20 Å². The molecule has 0 aliphatic carbocycles. The molecule has 0 bridgehead atoms. The van der Waals surface area contributed by atoms with E-state index < -0.39 is 0 Å². The second kappa shape index (κ2) is 8.23. The molecule has 3 rings (SSSR count). The fourth-order valence-corrected chi connectivity index (χ4v) is 2.74. The molecule has 2 aromatic heterocycles. The van der Waals surface area contributed by atoms with Gasteiger partial charge in [-0.2, -0.15) is 0 Å². The molecule has 0 radical (unpaired) electrons. The second-order valence-electron chi connectivity index (χ2n) is 5.99. The maximum Gasteiger partial charge on any atom is 0.188 e. The van der Waals surface area contributed by atoms with Crippen LogP contribution in [0.15, 0.2) is 40.9 Å². The third-order valence-corrected chi connectivity index (χ3v) is 4.70. The second-order valence-corrected chi connectivity index (χ2v) is 6.77. The first-order valence-corrected chi connectivity index (χ1v) is 9.71. The first-order valence-electron chi connectivity index (χ1n) is 8.49. The number of rotatable bonds is 6. The summed E-state index contributed by atoms with van der Waals surface area (Å²) in [5, 5.41) is 4.11. The molecule has 0 atom stereocenters. The highest BCUT2D eigenvalue weighted by molar-refractivity contribution is 7.98. The first kappa shape index (κ1) is 18.3. The lowest BCUT2D eigenvalue weighted by Crippen LogP contribution is -2.01. The molecule has 26 heavy (non-hydrogen) atoms. The number of aryl methyl sites for hydroxylation is 1. The predicted octanol–water partition coefficient (Wildman–Crippen LogP) is 4.56. The zero-order chi connectivity index (χ0) is 18.5. The molecule has 3 aromatic rings. The van der Waals surface area contributed by atoms with Gasteiger partial charge in [0.05, 0.1) is 12.7 Å². The van der Waals surface area contributed by atoms with Crippen molar-refractivity contribution < 1.29 is 0 Å². The Morgan fingerprint density at radius 3 is 2.85 bits per heavy atom. The Labute approximate surface area is 157 Å². The zero-order valence-electron chi connectivity index (χ0n) is 15.4. The van der Waals surface area contributed by atoms with E-state index in [4.69, 9.17) is 0 Å². The Morgan fingerprint density at radius 2 is 2.08 bits per heavy atom. The van der Waals surface area contributed by atoms with Gasteiger partial charge in [-0.3, -0.25) is 4.99 Å². The maximum atomic E-state index is 4.60. The van der Waals surface area contributed by atoms with Crippen LogP contribution in [0.4, 0.5) is 11.5 Å². The van der Waals surface area contributed by atoms with Crippen molar-refractivity contribution in [2.24, 2.45) is 4.99 Å². The van der Waals surface area contributed by atoms with E-state index in [1.165, 1.54) is 18.1 Å². The predicted molar refractivity (Wildman–Crippen MR) is 108 cm³/mol. The van der Waals surface area contributed by atoms with Gasteiger partial charge in [0.2, 0.25) is 0 Å². The Kier molecular flexibility index (Phi) is 5.78. The van der Waals surface area contributed by atoms with E-state index in [0.717, 1.165) is 40.0 Å². The molecule has 0 aliphatic heterocycles. The number of benzene rings is 1. The SMILES string of the molecule is CCC(C)=NCc1ccc(C)c(Nc2ncnc3cnc(SC)nc23)c1. The maximum absolute atomic E-state index is 4.60. The molecule has 0 aliphatic rings. The number of nitrogens with zero attached hydrogens (tertiary/aromatic N) is 5. The summed E-state index contributed by atoms with van der Waals surface area (Å²) in [6, 6.07) is 6.32. The van der Waals surface area contributed by atoms with Gasteiger partial charge in [0, 0.05) is 11.4 Å². The number of hydrogen-bond donors (Lipinski definition) is 1. The number of thioether (sulfide) groups is 1. The number of anilines is 2. The summed E-state index contributed by atoms with van der Waals surface area (Å²) in [5.74, 6) is 0.682. The van der Waals surface area contributed by atoms with E-state index in [2.05, 4.69) is 69.2 Å². The van der Waals surface area contributed by atoms with Crippen LogP contribution in [0.2, 0.25) is 0 Å². The average molecular weight is 366 g/mol. The number of fused-ring (bicyclic) bond motifs is 1. The number of hydrogen-bond acceptors (Lipinski definition) is 7. The van der Waals surface area contributed by atoms with Crippen LogP contribution in [-0.4, -0.2) is 31.9 Å². The van der Waals surface area contributed by atoms with Crippen molar-refractivity contribution in [3.63, 3.8) is 0 Å². The highest BCUT2D eigenvalue weighted by Gasteiger charge is 2.09. The van der Waals surface area contributed by atoms with Gasteiger partial charge in [0.15, 0.2) is 11.0 Å². The molecule has 0 unspecified atom stereocenters. The highest BCUT2D eigenvalue weighted by Crippen LogP contribution is 2.25. The Balaban J connectivity index is 1.94. The van der Waals surface area contributed by atoms with Gasteiger partial charge in [0.25, 0.3) is 0 Å². The van der Waals surface area contributed by atoms with Crippen LogP contribution in [0.1, 0.15) is 31.4 Å². The van der Waals surface area contributed by atoms with Gasteiger partial charge in [-0.1, -0.05) is 30.8 Å². The Hall–Kier alpha value is -2.54. The van der Waals surface area contributed by atoms with Crippen molar-refractivity contribution in [3.05, 3.63) is 41.9 Å². The van der Waals surface area contributed by atoms with Crippen molar-refractivity contribution in [2.45, 2.75) is 38.9 Å². The lowest BCUT2D eigenvalue weighted by Gasteiger charge is -2.12. The topological polar surface area (TPSA) is 76.0 Å². The standard InChI is InChI=1S/C19H22N6S/c1-5-13(3)20-9-14-7-6-12(2)15(8-14)24-18-17-16(22-11-23-18)10-21-19(25-17)26-4/h6-8,10-11H,5,9H2,1-4H3,(H,22,23,24). The largest absolute Gasteiger partial charge is 0.338 e.